The standard InChI is InChI=1S/C48H42N2O2/c1-31-32(2)38-24-28-50-26-22-34(14-18-42-40-12-8-6-10-36(40)16-20-46(42)52-4)30-44(50)48(38)47-37(31)23-27-49-25-21-33(29-43(47)49)13-17-41-39-11-7-5-9-35(39)15-19-45(41)51-3/h5-22,25-26,29-30H,23-24,27-28H2,1-4H3/q+2/b17-13+,18-14+. The van der Waals surface area contributed by atoms with E-state index in [2.05, 4.69) is 157 Å². The van der Waals surface area contributed by atoms with Crippen molar-refractivity contribution in [3.63, 3.8) is 0 Å². The molecule has 4 heteroatoms. The average Bonchev–Trinajstić information content (AvgIpc) is 3.19. The van der Waals surface area contributed by atoms with Gasteiger partial charge in [0.1, 0.15) is 11.5 Å². The number of benzene rings is 5. The first kappa shape index (κ1) is 31.9. The molecule has 5 aromatic carbocycles. The molecule has 0 bridgehead atoms. The van der Waals surface area contributed by atoms with Gasteiger partial charge in [0.25, 0.3) is 0 Å². The highest BCUT2D eigenvalue weighted by molar-refractivity contribution is 5.97. The molecule has 0 fully saturated rings. The topological polar surface area (TPSA) is 26.2 Å². The first-order chi connectivity index (χ1) is 25.5. The second-order valence-electron chi connectivity index (χ2n) is 14.0. The second-order valence-corrected chi connectivity index (χ2v) is 14.0. The first-order valence-electron chi connectivity index (χ1n) is 18.2. The summed E-state index contributed by atoms with van der Waals surface area (Å²) in [4.78, 5) is 0. The Labute approximate surface area is 305 Å². The van der Waals surface area contributed by atoms with Crippen molar-refractivity contribution < 1.29 is 18.6 Å². The normalized spacial score (nSPS) is 13.3. The molecule has 0 spiro atoms. The predicted molar refractivity (Wildman–Crippen MR) is 213 cm³/mol. The molecule has 0 atom stereocenters. The predicted octanol–water partition coefficient (Wildman–Crippen LogP) is 9.99. The Hall–Kier alpha value is -6.00. The van der Waals surface area contributed by atoms with Crippen LogP contribution in [0.4, 0.5) is 0 Å². The van der Waals surface area contributed by atoms with E-state index in [4.69, 9.17) is 9.47 Å². The zero-order valence-electron chi connectivity index (χ0n) is 30.2. The van der Waals surface area contributed by atoms with Crippen LogP contribution >= 0.6 is 0 Å². The van der Waals surface area contributed by atoms with E-state index in [1.165, 1.54) is 77.4 Å². The number of hydrogen-bond donors (Lipinski definition) is 0. The van der Waals surface area contributed by atoms with Crippen LogP contribution in [0, 0.1) is 13.8 Å². The molecule has 2 aromatic heterocycles. The maximum Gasteiger partial charge on any atom is 0.214 e. The van der Waals surface area contributed by atoms with E-state index in [9.17, 15) is 0 Å². The molecule has 52 heavy (non-hydrogen) atoms. The average molecular weight is 679 g/mol. The maximum absolute atomic E-state index is 5.81. The Bertz CT molecular complexity index is 2450. The van der Waals surface area contributed by atoms with E-state index in [0.29, 0.717) is 0 Å². The molecule has 254 valence electrons. The fourth-order valence-corrected chi connectivity index (χ4v) is 8.51. The Morgan fingerprint density at radius 3 is 1.40 bits per heavy atom. The van der Waals surface area contributed by atoms with Crippen molar-refractivity contribution in [1.29, 1.82) is 0 Å². The van der Waals surface area contributed by atoms with E-state index < -0.39 is 0 Å². The lowest BCUT2D eigenvalue weighted by Gasteiger charge is -2.27. The van der Waals surface area contributed by atoms with Gasteiger partial charge in [-0.05, 0) is 80.9 Å². The Morgan fingerprint density at radius 1 is 0.519 bits per heavy atom. The van der Waals surface area contributed by atoms with E-state index in [0.717, 1.165) is 48.6 Å². The second kappa shape index (κ2) is 13.0. The summed E-state index contributed by atoms with van der Waals surface area (Å²) < 4.78 is 16.5. The molecule has 7 aromatic rings. The summed E-state index contributed by atoms with van der Waals surface area (Å²) in [7, 11) is 3.50. The van der Waals surface area contributed by atoms with Crippen molar-refractivity contribution in [2.24, 2.45) is 0 Å². The molecule has 0 saturated carbocycles. The summed E-state index contributed by atoms with van der Waals surface area (Å²) in [5, 5.41) is 4.79. The molecule has 0 amide bonds. The van der Waals surface area contributed by atoms with Crippen molar-refractivity contribution in [2.75, 3.05) is 14.2 Å². The van der Waals surface area contributed by atoms with Gasteiger partial charge in [-0.3, -0.25) is 0 Å². The van der Waals surface area contributed by atoms with Crippen LogP contribution < -0.4 is 18.6 Å². The number of aryl methyl sites for hydroxylation is 2. The van der Waals surface area contributed by atoms with Gasteiger partial charge in [-0.2, -0.15) is 9.13 Å². The van der Waals surface area contributed by atoms with Crippen molar-refractivity contribution in [3.8, 4) is 34.0 Å². The molecule has 0 N–H and O–H groups in total. The summed E-state index contributed by atoms with van der Waals surface area (Å²) >= 11 is 0. The molecular weight excluding hydrogens is 637 g/mol. The lowest BCUT2D eigenvalue weighted by Crippen LogP contribution is -2.43. The minimum absolute atomic E-state index is 0.880. The maximum atomic E-state index is 5.81. The SMILES string of the molecule is COc1ccc2ccccc2c1/C=C/c1cc[n+]2c(c1)-c1c(c(C)c(C)c3c1-c1cc(/C=C/c4c(OC)ccc5ccccc45)cc[n+]1CC3)CC2. The summed E-state index contributed by atoms with van der Waals surface area (Å²) in [6.07, 6.45) is 15.5. The van der Waals surface area contributed by atoms with Gasteiger partial charge in [-0.25, -0.2) is 0 Å². The molecule has 4 nitrogen and oxygen atoms in total. The van der Waals surface area contributed by atoms with Crippen LogP contribution in [-0.4, -0.2) is 14.2 Å². The summed E-state index contributed by atoms with van der Waals surface area (Å²) in [5.74, 6) is 1.76. The Balaban J connectivity index is 1.17. The van der Waals surface area contributed by atoms with Crippen LogP contribution in [0.15, 0.2) is 109 Å². The number of nitrogens with zero attached hydrogens (tertiary/aromatic N) is 2. The molecule has 9 rings (SSSR count). The van der Waals surface area contributed by atoms with Crippen LogP contribution in [-0.2, 0) is 25.9 Å². The van der Waals surface area contributed by atoms with Gasteiger partial charge >= 0.3 is 0 Å². The number of rotatable bonds is 6. The summed E-state index contributed by atoms with van der Waals surface area (Å²) in [5.41, 5.74) is 15.7. The van der Waals surface area contributed by atoms with Gasteiger partial charge in [0, 0.05) is 48.2 Å². The lowest BCUT2D eigenvalue weighted by atomic mass is 9.79. The van der Waals surface area contributed by atoms with Crippen LogP contribution in [0.2, 0.25) is 0 Å². The fraction of sp³-hybridized carbons (Fsp3) is 0.167. The minimum atomic E-state index is 0.880. The van der Waals surface area contributed by atoms with E-state index in [-0.39, 0.29) is 0 Å². The molecule has 0 aliphatic carbocycles. The molecule has 0 unspecified atom stereocenters. The zero-order chi connectivity index (χ0) is 35.3. The zero-order valence-corrected chi connectivity index (χ0v) is 30.2. The highest BCUT2D eigenvalue weighted by atomic mass is 16.5. The Kier molecular flexibility index (Phi) is 7.96. The quantitative estimate of drug-likeness (QED) is 0.164. The molecule has 2 aliphatic rings. The van der Waals surface area contributed by atoms with Crippen molar-refractivity contribution in [2.45, 2.75) is 39.8 Å². The third kappa shape index (κ3) is 5.29. The van der Waals surface area contributed by atoms with E-state index in [1.54, 1.807) is 14.2 Å². The molecule has 2 aliphatic heterocycles. The number of aromatic nitrogens is 2. The van der Waals surface area contributed by atoms with Gasteiger partial charge in [0.05, 0.1) is 25.3 Å². The van der Waals surface area contributed by atoms with Crippen molar-refractivity contribution in [1.82, 2.24) is 0 Å². The first-order valence-corrected chi connectivity index (χ1v) is 18.2. The number of methoxy groups -OCH3 is 2. The molecular formula is C48H42N2O2+2. The van der Waals surface area contributed by atoms with Gasteiger partial charge in [-0.15, -0.1) is 0 Å². The van der Waals surface area contributed by atoms with Gasteiger partial charge < -0.3 is 9.47 Å². The van der Waals surface area contributed by atoms with Crippen LogP contribution in [0.1, 0.15) is 44.5 Å². The van der Waals surface area contributed by atoms with Gasteiger partial charge in [-0.1, -0.05) is 85.0 Å². The third-order valence-electron chi connectivity index (χ3n) is 11.3. The van der Waals surface area contributed by atoms with Gasteiger partial charge in [0.2, 0.25) is 11.4 Å². The smallest absolute Gasteiger partial charge is 0.214 e. The number of pyridine rings is 2. The largest absolute Gasteiger partial charge is 0.496 e. The summed E-state index contributed by atoms with van der Waals surface area (Å²) in [6, 6.07) is 34.7. The number of fused-ring (bicyclic) bond motifs is 9. The van der Waals surface area contributed by atoms with Crippen LogP contribution in [0.3, 0.4) is 0 Å². The van der Waals surface area contributed by atoms with Crippen molar-refractivity contribution >= 4 is 45.8 Å². The Morgan fingerprint density at radius 2 is 0.962 bits per heavy atom. The van der Waals surface area contributed by atoms with Crippen molar-refractivity contribution in [3.05, 3.63) is 154 Å². The van der Waals surface area contributed by atoms with Crippen LogP contribution in [0.5, 0.6) is 11.5 Å². The van der Waals surface area contributed by atoms with E-state index in [1.807, 2.05) is 0 Å². The number of hydrogen-bond acceptors (Lipinski definition) is 2. The number of ether oxygens (including phenoxy) is 2. The highest BCUT2D eigenvalue weighted by Gasteiger charge is 2.36. The molecule has 4 heterocycles. The summed E-state index contributed by atoms with van der Waals surface area (Å²) in [6.45, 7) is 6.61. The lowest BCUT2D eigenvalue weighted by molar-refractivity contribution is -0.689. The monoisotopic (exact) mass is 678 g/mol. The van der Waals surface area contributed by atoms with Crippen LogP contribution in [0.25, 0.3) is 68.4 Å². The highest BCUT2D eigenvalue weighted by Crippen LogP contribution is 2.43. The third-order valence-corrected chi connectivity index (χ3v) is 11.3. The van der Waals surface area contributed by atoms with Gasteiger partial charge in [0.15, 0.2) is 25.5 Å². The van der Waals surface area contributed by atoms with E-state index >= 15 is 0 Å². The molecule has 0 saturated heterocycles. The molecule has 0 radical (unpaired) electrons. The fourth-order valence-electron chi connectivity index (χ4n) is 8.51. The minimum Gasteiger partial charge on any atom is -0.496 e.